The minimum Gasteiger partial charge on any atom is -0.456 e. The van der Waals surface area contributed by atoms with Crippen LogP contribution in [-0.4, -0.2) is 4.98 Å². The van der Waals surface area contributed by atoms with E-state index in [0.29, 0.717) is 5.71 Å². The molecular formula is C39H22N2O2S. The number of thiophene rings is 1. The summed E-state index contributed by atoms with van der Waals surface area (Å²) in [5.41, 5.74) is 6.55. The fourth-order valence-corrected chi connectivity index (χ4v) is 7.81. The first-order valence-electron chi connectivity index (χ1n) is 14.6. The summed E-state index contributed by atoms with van der Waals surface area (Å²) in [6.07, 6.45) is 1.77. The molecule has 0 radical (unpaired) electrons. The first-order valence-corrected chi connectivity index (χ1v) is 15.4. The van der Waals surface area contributed by atoms with Gasteiger partial charge in [-0.05, 0) is 89.6 Å². The van der Waals surface area contributed by atoms with Crippen molar-refractivity contribution in [3.8, 4) is 0 Å². The number of rotatable bonds is 3. The van der Waals surface area contributed by atoms with Gasteiger partial charge in [0, 0.05) is 65.0 Å². The highest BCUT2D eigenvalue weighted by Crippen LogP contribution is 2.43. The molecule has 44 heavy (non-hydrogen) atoms. The Morgan fingerprint density at radius 2 is 1.18 bits per heavy atom. The van der Waals surface area contributed by atoms with Gasteiger partial charge in [-0.15, -0.1) is 11.3 Å². The average Bonchev–Trinajstić information content (AvgIpc) is 3.76. The van der Waals surface area contributed by atoms with Gasteiger partial charge in [-0.25, -0.2) is 4.98 Å². The molecular weight excluding hydrogens is 561 g/mol. The Morgan fingerprint density at radius 1 is 0.477 bits per heavy atom. The lowest BCUT2D eigenvalue weighted by molar-refractivity contribution is 0.654. The van der Waals surface area contributed by atoms with Gasteiger partial charge >= 0.3 is 0 Å². The summed E-state index contributed by atoms with van der Waals surface area (Å²) in [6.45, 7) is 0. The van der Waals surface area contributed by atoms with Gasteiger partial charge in [0.25, 0.3) is 0 Å². The van der Waals surface area contributed by atoms with Gasteiger partial charge in [0.1, 0.15) is 16.7 Å². The molecule has 6 aromatic carbocycles. The largest absolute Gasteiger partial charge is 0.456 e. The number of nitrogens with zero attached hydrogens (tertiary/aromatic N) is 2. The Hall–Kier alpha value is -5.65. The molecule has 0 fully saturated rings. The lowest BCUT2D eigenvalue weighted by Gasteiger charge is -2.26. The minimum absolute atomic E-state index is 0.664. The number of furan rings is 2. The van der Waals surface area contributed by atoms with Gasteiger partial charge in [0.05, 0.1) is 0 Å². The maximum atomic E-state index is 6.19. The number of fused-ring (bicyclic) bond motifs is 11. The third-order valence-corrected chi connectivity index (χ3v) is 9.86. The number of aromatic nitrogens is 1. The maximum Gasteiger partial charge on any atom is 0.227 e. The molecule has 4 heterocycles. The molecule has 0 aliphatic heterocycles. The van der Waals surface area contributed by atoms with Crippen LogP contribution >= 0.6 is 11.3 Å². The van der Waals surface area contributed by atoms with Crippen molar-refractivity contribution in [1.82, 2.24) is 4.98 Å². The quantitative estimate of drug-likeness (QED) is 0.208. The van der Waals surface area contributed by atoms with E-state index in [9.17, 15) is 0 Å². The molecule has 0 aliphatic rings. The fourth-order valence-electron chi connectivity index (χ4n) is 6.72. The second-order valence-electron chi connectivity index (χ2n) is 11.2. The van der Waals surface area contributed by atoms with E-state index in [1.54, 1.807) is 6.20 Å². The van der Waals surface area contributed by atoms with Crippen molar-refractivity contribution in [3.63, 3.8) is 0 Å². The topological polar surface area (TPSA) is 42.4 Å². The van der Waals surface area contributed by atoms with Crippen molar-refractivity contribution in [3.05, 3.63) is 134 Å². The van der Waals surface area contributed by atoms with Crippen LogP contribution in [0.15, 0.2) is 142 Å². The highest BCUT2D eigenvalue weighted by atomic mass is 32.1. The molecule has 4 aromatic heterocycles. The highest BCUT2D eigenvalue weighted by Gasteiger charge is 2.19. The van der Waals surface area contributed by atoms with Crippen LogP contribution < -0.4 is 4.90 Å². The molecule has 10 aromatic rings. The zero-order valence-electron chi connectivity index (χ0n) is 23.3. The molecule has 0 saturated heterocycles. The standard InChI is InChI=1S/C39H22N2O2S/c1-3-9-33-28(6-1)31-21-25(13-17-34(31)42-33)41(26-14-18-37-32(22-26)29-7-2-4-10-36(29)44-37)24-12-15-27-23(20-24)11-16-35-38(27)30-8-5-19-40-39(30)43-35/h1-22H. The van der Waals surface area contributed by atoms with Gasteiger partial charge in [-0.1, -0.05) is 48.5 Å². The Balaban J connectivity index is 1.23. The van der Waals surface area contributed by atoms with E-state index in [1.807, 2.05) is 29.5 Å². The molecule has 0 aliphatic carbocycles. The van der Waals surface area contributed by atoms with Gasteiger partial charge in [-0.2, -0.15) is 0 Å². The van der Waals surface area contributed by atoms with E-state index in [4.69, 9.17) is 8.83 Å². The van der Waals surface area contributed by atoms with E-state index in [1.165, 1.54) is 20.2 Å². The van der Waals surface area contributed by atoms with Gasteiger partial charge in [-0.3, -0.25) is 0 Å². The second kappa shape index (κ2) is 8.93. The van der Waals surface area contributed by atoms with Crippen LogP contribution in [0, 0.1) is 0 Å². The monoisotopic (exact) mass is 582 g/mol. The van der Waals surface area contributed by atoms with Crippen LogP contribution in [-0.2, 0) is 0 Å². The highest BCUT2D eigenvalue weighted by molar-refractivity contribution is 7.25. The Kier molecular flexibility index (Phi) is 4.84. The van der Waals surface area contributed by atoms with Crippen molar-refractivity contribution in [2.24, 2.45) is 0 Å². The average molecular weight is 583 g/mol. The number of anilines is 3. The maximum absolute atomic E-state index is 6.19. The van der Waals surface area contributed by atoms with Crippen molar-refractivity contribution >= 4 is 103 Å². The van der Waals surface area contributed by atoms with E-state index < -0.39 is 0 Å². The van der Waals surface area contributed by atoms with Crippen molar-refractivity contribution in [2.75, 3.05) is 4.90 Å². The molecule has 0 N–H and O–H groups in total. The molecule has 0 amide bonds. The Bertz CT molecular complexity index is 2640. The number of para-hydroxylation sites is 1. The zero-order chi connectivity index (χ0) is 28.8. The predicted molar refractivity (Wildman–Crippen MR) is 184 cm³/mol. The molecule has 206 valence electrons. The van der Waals surface area contributed by atoms with Crippen LogP contribution in [0.4, 0.5) is 17.1 Å². The summed E-state index contributed by atoms with van der Waals surface area (Å²) >= 11 is 1.84. The normalized spacial score (nSPS) is 12.1. The summed E-state index contributed by atoms with van der Waals surface area (Å²) < 4.78 is 14.9. The summed E-state index contributed by atoms with van der Waals surface area (Å²) in [7, 11) is 0. The summed E-state index contributed by atoms with van der Waals surface area (Å²) in [6, 6.07) is 45.2. The van der Waals surface area contributed by atoms with Gasteiger partial charge < -0.3 is 13.7 Å². The van der Waals surface area contributed by atoms with Gasteiger partial charge in [0.15, 0.2) is 0 Å². The van der Waals surface area contributed by atoms with Crippen LogP contribution in [0.5, 0.6) is 0 Å². The summed E-state index contributed by atoms with van der Waals surface area (Å²) in [5, 5.41) is 9.19. The predicted octanol–water partition coefficient (Wildman–Crippen LogP) is 11.9. The SMILES string of the molecule is c1ccc2c(c1)oc1ccc(N(c3ccc4c(ccc5oc6ncccc6c54)c3)c3ccc4sc5ccccc5c4c3)cc12. The molecule has 0 atom stereocenters. The van der Waals surface area contributed by atoms with Crippen molar-refractivity contribution in [1.29, 1.82) is 0 Å². The molecule has 5 heteroatoms. The van der Waals surface area contributed by atoms with E-state index in [0.717, 1.165) is 66.1 Å². The first kappa shape index (κ1) is 23.9. The third-order valence-electron chi connectivity index (χ3n) is 8.71. The summed E-state index contributed by atoms with van der Waals surface area (Å²) in [4.78, 5) is 6.81. The Labute approximate surface area is 255 Å². The van der Waals surface area contributed by atoms with Crippen molar-refractivity contribution in [2.45, 2.75) is 0 Å². The molecule has 10 rings (SSSR count). The molecule has 0 bridgehead atoms. The second-order valence-corrected chi connectivity index (χ2v) is 12.3. The molecule has 0 spiro atoms. The number of hydrogen-bond acceptors (Lipinski definition) is 5. The van der Waals surface area contributed by atoms with Gasteiger partial charge in [0.2, 0.25) is 5.71 Å². The zero-order valence-corrected chi connectivity index (χ0v) is 24.1. The molecule has 0 saturated carbocycles. The van der Waals surface area contributed by atoms with E-state index in [2.05, 4.69) is 119 Å². The van der Waals surface area contributed by atoms with Crippen LogP contribution in [0.3, 0.4) is 0 Å². The van der Waals surface area contributed by atoms with Crippen LogP contribution in [0.25, 0.3) is 75.0 Å². The fraction of sp³-hybridized carbons (Fsp3) is 0. The number of hydrogen-bond donors (Lipinski definition) is 0. The number of pyridine rings is 1. The first-order chi connectivity index (χ1) is 21.8. The van der Waals surface area contributed by atoms with E-state index in [-0.39, 0.29) is 0 Å². The van der Waals surface area contributed by atoms with Crippen LogP contribution in [0.2, 0.25) is 0 Å². The van der Waals surface area contributed by atoms with Crippen molar-refractivity contribution < 1.29 is 8.83 Å². The lowest BCUT2D eigenvalue weighted by Crippen LogP contribution is -2.09. The molecule has 0 unspecified atom stereocenters. The Morgan fingerprint density at radius 3 is 2.14 bits per heavy atom. The van der Waals surface area contributed by atoms with Crippen LogP contribution in [0.1, 0.15) is 0 Å². The lowest BCUT2D eigenvalue weighted by atomic mass is 10.0. The smallest absolute Gasteiger partial charge is 0.227 e. The summed E-state index contributed by atoms with van der Waals surface area (Å²) in [5.74, 6) is 0. The minimum atomic E-state index is 0.664. The molecule has 4 nitrogen and oxygen atoms in total. The number of benzene rings is 6. The van der Waals surface area contributed by atoms with E-state index >= 15 is 0 Å². The third kappa shape index (κ3) is 3.41.